The maximum absolute atomic E-state index is 13.0. The molecule has 4 nitrogen and oxygen atoms in total. The summed E-state index contributed by atoms with van der Waals surface area (Å²) in [6.07, 6.45) is 3.84. The van der Waals surface area contributed by atoms with Crippen LogP contribution in [0.5, 0.6) is 5.88 Å². The molecule has 0 radical (unpaired) electrons. The second-order valence-corrected chi connectivity index (χ2v) is 7.63. The van der Waals surface area contributed by atoms with Gasteiger partial charge in [0, 0.05) is 19.3 Å². The summed E-state index contributed by atoms with van der Waals surface area (Å²) in [5.41, 5.74) is 6.47. The number of carbonyl (C=O) groups is 1. The predicted octanol–water partition coefficient (Wildman–Crippen LogP) is 5.00. The Morgan fingerprint density at radius 3 is 2.78 bits per heavy atom. The zero-order valence-electron chi connectivity index (χ0n) is 16.9. The first-order valence-corrected chi connectivity index (χ1v) is 9.53. The van der Waals surface area contributed by atoms with E-state index < -0.39 is 0 Å². The molecule has 0 fully saturated rings. The van der Waals surface area contributed by atoms with Crippen LogP contribution in [-0.2, 0) is 13.1 Å². The molecule has 3 rings (SSSR count). The van der Waals surface area contributed by atoms with Crippen molar-refractivity contribution in [2.24, 2.45) is 5.92 Å². The number of hydrogen-bond donors (Lipinski definition) is 0. The van der Waals surface area contributed by atoms with Crippen molar-refractivity contribution in [3.63, 3.8) is 0 Å². The highest BCUT2D eigenvalue weighted by molar-refractivity contribution is 6.00. The Labute approximate surface area is 161 Å². The van der Waals surface area contributed by atoms with Gasteiger partial charge < -0.3 is 9.64 Å². The smallest absolute Gasteiger partial charge is 0.260 e. The zero-order chi connectivity index (χ0) is 19.6. The molecule has 1 aromatic heterocycles. The molecule has 0 aliphatic carbocycles. The number of fused-ring (bicyclic) bond motifs is 1. The summed E-state index contributed by atoms with van der Waals surface area (Å²) in [6.45, 7) is 12.2. The highest BCUT2D eigenvalue weighted by atomic mass is 16.5. The lowest BCUT2D eigenvalue weighted by Gasteiger charge is -2.18. The Bertz CT molecular complexity index is 884. The third kappa shape index (κ3) is 4.05. The maximum atomic E-state index is 13.0. The molecule has 0 bridgehead atoms. The van der Waals surface area contributed by atoms with Crippen LogP contribution in [0, 0.1) is 12.8 Å². The summed E-state index contributed by atoms with van der Waals surface area (Å²) in [4.78, 5) is 19.2. The van der Waals surface area contributed by atoms with Crippen LogP contribution in [0.4, 0.5) is 0 Å². The van der Waals surface area contributed by atoms with Gasteiger partial charge >= 0.3 is 0 Å². The second-order valence-electron chi connectivity index (χ2n) is 7.63. The highest BCUT2D eigenvalue weighted by Crippen LogP contribution is 2.31. The van der Waals surface area contributed by atoms with Crippen LogP contribution in [0.1, 0.15) is 60.3 Å². The van der Waals surface area contributed by atoms with E-state index in [1.54, 1.807) is 6.20 Å². The van der Waals surface area contributed by atoms with Crippen LogP contribution in [0.15, 0.2) is 36.5 Å². The highest BCUT2D eigenvalue weighted by Gasteiger charge is 2.31. The van der Waals surface area contributed by atoms with Gasteiger partial charge in [0.2, 0.25) is 5.88 Å². The number of carbonyl (C=O) groups excluding carboxylic acids is 1. The molecule has 0 spiro atoms. The van der Waals surface area contributed by atoms with Crippen LogP contribution in [-0.4, -0.2) is 22.4 Å². The van der Waals surface area contributed by atoms with Crippen LogP contribution in [0.25, 0.3) is 5.57 Å². The van der Waals surface area contributed by atoms with Gasteiger partial charge in [0.1, 0.15) is 5.56 Å². The molecule has 142 valence electrons. The van der Waals surface area contributed by atoms with Gasteiger partial charge in [-0.15, -0.1) is 0 Å². The number of rotatable bonds is 6. The van der Waals surface area contributed by atoms with Gasteiger partial charge in [-0.1, -0.05) is 38.1 Å². The Morgan fingerprint density at radius 1 is 1.33 bits per heavy atom. The molecule has 0 saturated heterocycles. The standard InChI is InChI=1S/C23H28N2O2/c1-6-16(4)18-7-8-19(17(5)11-18)12-25-13-20-9-10-24-22(21(20)23(25)26)27-14-15(2)3/h6-11,15H,12-14H2,1-5H3/b16-6+. The third-order valence-corrected chi connectivity index (χ3v) is 5.01. The van der Waals surface area contributed by atoms with Crippen LogP contribution in [0.2, 0.25) is 0 Å². The van der Waals surface area contributed by atoms with Gasteiger partial charge in [0.05, 0.1) is 6.61 Å². The van der Waals surface area contributed by atoms with E-state index in [1.165, 1.54) is 22.3 Å². The van der Waals surface area contributed by atoms with Crippen LogP contribution >= 0.6 is 0 Å². The fourth-order valence-electron chi connectivity index (χ4n) is 3.25. The Balaban J connectivity index is 1.80. The van der Waals surface area contributed by atoms with E-state index in [0.29, 0.717) is 37.1 Å². The first-order valence-electron chi connectivity index (χ1n) is 9.53. The maximum Gasteiger partial charge on any atom is 0.260 e. The lowest BCUT2D eigenvalue weighted by atomic mass is 10.0. The second kappa shape index (κ2) is 7.95. The van der Waals surface area contributed by atoms with E-state index in [0.717, 1.165) is 5.56 Å². The molecule has 4 heteroatoms. The van der Waals surface area contributed by atoms with E-state index in [2.05, 4.69) is 57.0 Å². The average Bonchev–Trinajstić information content (AvgIpc) is 2.97. The van der Waals surface area contributed by atoms with E-state index in [-0.39, 0.29) is 5.91 Å². The normalized spacial score (nSPS) is 14.1. The Hall–Kier alpha value is -2.62. The summed E-state index contributed by atoms with van der Waals surface area (Å²) in [5, 5.41) is 0. The van der Waals surface area contributed by atoms with Gasteiger partial charge in [0.25, 0.3) is 5.91 Å². The summed E-state index contributed by atoms with van der Waals surface area (Å²) in [6, 6.07) is 8.37. The number of benzene rings is 1. The number of ether oxygens (including phenoxy) is 1. The number of hydrogen-bond acceptors (Lipinski definition) is 3. The molecule has 1 amide bonds. The summed E-state index contributed by atoms with van der Waals surface area (Å²) in [5.74, 6) is 0.853. The number of allylic oxidation sites excluding steroid dienone is 2. The number of aryl methyl sites for hydroxylation is 1. The molecule has 2 aromatic rings. The predicted molar refractivity (Wildman–Crippen MR) is 109 cm³/mol. The van der Waals surface area contributed by atoms with Crippen LogP contribution < -0.4 is 4.74 Å². The fourth-order valence-corrected chi connectivity index (χ4v) is 3.25. The number of aromatic nitrogens is 1. The van der Waals surface area contributed by atoms with E-state index in [1.807, 2.05) is 17.9 Å². The minimum atomic E-state index is 0.00460. The van der Waals surface area contributed by atoms with E-state index >= 15 is 0 Å². The van der Waals surface area contributed by atoms with Crippen molar-refractivity contribution in [1.82, 2.24) is 9.88 Å². The largest absolute Gasteiger partial charge is 0.477 e. The van der Waals surface area contributed by atoms with Crippen molar-refractivity contribution in [3.05, 3.63) is 64.4 Å². The fraction of sp³-hybridized carbons (Fsp3) is 0.391. The third-order valence-electron chi connectivity index (χ3n) is 5.01. The van der Waals surface area contributed by atoms with Crippen molar-refractivity contribution in [2.45, 2.75) is 47.7 Å². The Morgan fingerprint density at radius 2 is 2.11 bits per heavy atom. The molecule has 1 aliphatic heterocycles. The molecule has 0 N–H and O–H groups in total. The SMILES string of the molecule is C/C=C(\C)c1ccc(CN2Cc3ccnc(OCC(C)C)c3C2=O)c(C)c1. The van der Waals surface area contributed by atoms with Crippen molar-refractivity contribution in [2.75, 3.05) is 6.61 Å². The number of amides is 1. The number of nitrogens with zero attached hydrogens (tertiary/aromatic N) is 2. The summed E-state index contributed by atoms with van der Waals surface area (Å²) in [7, 11) is 0. The van der Waals surface area contributed by atoms with E-state index in [9.17, 15) is 4.79 Å². The monoisotopic (exact) mass is 364 g/mol. The molecule has 0 atom stereocenters. The van der Waals surface area contributed by atoms with Crippen molar-refractivity contribution in [1.29, 1.82) is 0 Å². The Kier molecular flexibility index (Phi) is 5.64. The topological polar surface area (TPSA) is 42.4 Å². The quantitative estimate of drug-likeness (QED) is 0.724. The summed E-state index contributed by atoms with van der Waals surface area (Å²) >= 11 is 0. The molecule has 0 saturated carbocycles. The molecule has 27 heavy (non-hydrogen) atoms. The van der Waals surface area contributed by atoms with Gasteiger partial charge in [-0.3, -0.25) is 4.79 Å². The molecule has 2 heterocycles. The van der Waals surface area contributed by atoms with Crippen molar-refractivity contribution >= 4 is 11.5 Å². The lowest BCUT2D eigenvalue weighted by molar-refractivity contribution is 0.0762. The lowest BCUT2D eigenvalue weighted by Crippen LogP contribution is -2.24. The van der Waals surface area contributed by atoms with Gasteiger partial charge in [-0.2, -0.15) is 0 Å². The molecule has 1 aliphatic rings. The van der Waals surface area contributed by atoms with Crippen LogP contribution in [0.3, 0.4) is 0 Å². The molecule has 0 unspecified atom stereocenters. The molecule has 1 aromatic carbocycles. The average molecular weight is 364 g/mol. The van der Waals surface area contributed by atoms with Crippen molar-refractivity contribution in [3.8, 4) is 5.88 Å². The van der Waals surface area contributed by atoms with Gasteiger partial charge in [0.15, 0.2) is 0 Å². The van der Waals surface area contributed by atoms with Crippen molar-refractivity contribution < 1.29 is 9.53 Å². The minimum Gasteiger partial charge on any atom is -0.477 e. The van der Waals surface area contributed by atoms with Gasteiger partial charge in [-0.05, 0) is 60.6 Å². The summed E-state index contributed by atoms with van der Waals surface area (Å²) < 4.78 is 5.79. The molecular weight excluding hydrogens is 336 g/mol. The zero-order valence-corrected chi connectivity index (χ0v) is 16.9. The first kappa shape index (κ1) is 19.2. The van der Waals surface area contributed by atoms with Gasteiger partial charge in [-0.25, -0.2) is 4.98 Å². The molecular formula is C23H28N2O2. The first-order chi connectivity index (χ1) is 12.9. The number of pyridine rings is 1. The minimum absolute atomic E-state index is 0.00460. The van der Waals surface area contributed by atoms with E-state index in [4.69, 9.17) is 4.74 Å².